The van der Waals surface area contributed by atoms with Crippen molar-refractivity contribution >= 4 is 5.97 Å². The third-order valence-corrected chi connectivity index (χ3v) is 3.07. The van der Waals surface area contributed by atoms with Crippen LogP contribution in [0.5, 0.6) is 0 Å². The molecule has 2 fully saturated rings. The first-order valence-electron chi connectivity index (χ1n) is 5.74. The van der Waals surface area contributed by atoms with E-state index in [1.165, 1.54) is 0 Å². The molecule has 1 saturated carbocycles. The standard InChI is InChI=1S/C13H18O3/c1-12(2,3)16-11(14)5-4-10-8-13(10)6-7-15-9-13/h10H,6-9H2,1-3H3. The second-order valence-corrected chi connectivity index (χ2v) is 5.69. The average Bonchev–Trinajstić information content (AvgIpc) is 2.54. The van der Waals surface area contributed by atoms with Crippen LogP contribution in [0.25, 0.3) is 0 Å². The fourth-order valence-electron chi connectivity index (χ4n) is 2.06. The van der Waals surface area contributed by atoms with Crippen LogP contribution in [0.1, 0.15) is 33.6 Å². The van der Waals surface area contributed by atoms with Crippen LogP contribution in [0.2, 0.25) is 0 Å². The van der Waals surface area contributed by atoms with E-state index >= 15 is 0 Å². The fraction of sp³-hybridized carbons (Fsp3) is 0.769. The normalized spacial score (nSPS) is 32.1. The molecule has 0 aromatic carbocycles. The van der Waals surface area contributed by atoms with E-state index < -0.39 is 11.6 Å². The molecule has 2 rings (SSSR count). The van der Waals surface area contributed by atoms with Crippen LogP contribution in [0.3, 0.4) is 0 Å². The lowest BCUT2D eigenvalue weighted by molar-refractivity contribution is -0.147. The maximum Gasteiger partial charge on any atom is 0.384 e. The van der Waals surface area contributed by atoms with Crippen LogP contribution >= 0.6 is 0 Å². The molecule has 88 valence electrons. The maximum absolute atomic E-state index is 11.4. The molecule has 16 heavy (non-hydrogen) atoms. The molecule has 0 aromatic rings. The monoisotopic (exact) mass is 222 g/mol. The summed E-state index contributed by atoms with van der Waals surface area (Å²) >= 11 is 0. The van der Waals surface area contributed by atoms with Crippen molar-refractivity contribution in [2.75, 3.05) is 13.2 Å². The number of ether oxygens (including phenoxy) is 2. The second kappa shape index (κ2) is 3.78. The molecule has 1 aliphatic heterocycles. The van der Waals surface area contributed by atoms with Gasteiger partial charge in [0.15, 0.2) is 0 Å². The summed E-state index contributed by atoms with van der Waals surface area (Å²) in [7, 11) is 0. The number of carbonyl (C=O) groups excluding carboxylic acids is 1. The van der Waals surface area contributed by atoms with Gasteiger partial charge in [-0.2, -0.15) is 0 Å². The third-order valence-electron chi connectivity index (χ3n) is 3.07. The molecule has 1 aliphatic carbocycles. The molecule has 1 spiro atoms. The highest BCUT2D eigenvalue weighted by molar-refractivity contribution is 5.88. The zero-order valence-corrected chi connectivity index (χ0v) is 10.1. The Morgan fingerprint density at radius 3 is 2.81 bits per heavy atom. The van der Waals surface area contributed by atoms with Gasteiger partial charge >= 0.3 is 5.97 Å². The number of rotatable bonds is 0. The summed E-state index contributed by atoms with van der Waals surface area (Å²) < 4.78 is 10.5. The summed E-state index contributed by atoms with van der Waals surface area (Å²) in [4.78, 5) is 11.4. The van der Waals surface area contributed by atoms with Crippen molar-refractivity contribution in [3.05, 3.63) is 0 Å². The highest BCUT2D eigenvalue weighted by Crippen LogP contribution is 2.57. The maximum atomic E-state index is 11.4. The van der Waals surface area contributed by atoms with Gasteiger partial charge in [0, 0.05) is 23.9 Å². The highest BCUT2D eigenvalue weighted by Gasteiger charge is 2.55. The Labute approximate surface area is 96.5 Å². The molecule has 2 atom stereocenters. The van der Waals surface area contributed by atoms with Gasteiger partial charge in [0.25, 0.3) is 0 Å². The van der Waals surface area contributed by atoms with Gasteiger partial charge in [-0.1, -0.05) is 5.92 Å². The summed E-state index contributed by atoms with van der Waals surface area (Å²) in [6.07, 6.45) is 2.16. The zero-order chi connectivity index (χ0) is 11.8. The second-order valence-electron chi connectivity index (χ2n) is 5.69. The van der Waals surface area contributed by atoms with Crippen LogP contribution < -0.4 is 0 Å². The third kappa shape index (κ3) is 2.56. The molecule has 3 nitrogen and oxygen atoms in total. The van der Waals surface area contributed by atoms with Gasteiger partial charge in [0.2, 0.25) is 0 Å². The lowest BCUT2D eigenvalue weighted by Gasteiger charge is -2.16. The number of carbonyl (C=O) groups is 1. The molecule has 0 N–H and O–H groups in total. The first-order chi connectivity index (χ1) is 7.41. The highest BCUT2D eigenvalue weighted by atomic mass is 16.6. The average molecular weight is 222 g/mol. The van der Waals surface area contributed by atoms with Crippen molar-refractivity contribution in [3.8, 4) is 11.8 Å². The molecule has 0 amide bonds. The van der Waals surface area contributed by atoms with E-state index in [0.717, 1.165) is 26.1 Å². The van der Waals surface area contributed by atoms with Crippen molar-refractivity contribution in [1.82, 2.24) is 0 Å². The Morgan fingerprint density at radius 1 is 1.50 bits per heavy atom. The minimum absolute atomic E-state index is 0.273. The van der Waals surface area contributed by atoms with Gasteiger partial charge in [0.1, 0.15) is 5.60 Å². The van der Waals surface area contributed by atoms with Gasteiger partial charge in [-0.15, -0.1) is 0 Å². The fourth-order valence-corrected chi connectivity index (χ4v) is 2.06. The quantitative estimate of drug-likeness (QED) is 0.356. The van der Waals surface area contributed by atoms with Crippen molar-refractivity contribution in [1.29, 1.82) is 0 Å². The molecule has 0 radical (unpaired) electrons. The predicted octanol–water partition coefficient (Wildman–Crippen LogP) is 1.76. The molecular weight excluding hydrogens is 204 g/mol. The first-order valence-corrected chi connectivity index (χ1v) is 5.74. The zero-order valence-electron chi connectivity index (χ0n) is 10.1. The molecule has 2 aliphatic rings. The molecular formula is C13H18O3. The summed E-state index contributed by atoms with van der Waals surface area (Å²) in [5.74, 6) is 5.51. The van der Waals surface area contributed by atoms with Crippen LogP contribution in [0.4, 0.5) is 0 Å². The predicted molar refractivity (Wildman–Crippen MR) is 59.6 cm³/mol. The summed E-state index contributed by atoms with van der Waals surface area (Å²) in [6, 6.07) is 0. The Hall–Kier alpha value is -1.01. The van der Waals surface area contributed by atoms with Gasteiger partial charge in [-0.05, 0) is 33.6 Å². The first kappa shape index (κ1) is 11.5. The van der Waals surface area contributed by atoms with Crippen LogP contribution in [-0.2, 0) is 14.3 Å². The van der Waals surface area contributed by atoms with Crippen molar-refractivity contribution in [2.24, 2.45) is 11.3 Å². The SMILES string of the molecule is CC(C)(C)OC(=O)C#CC1CC12CCOC2. The Balaban J connectivity index is 1.85. The molecule has 1 heterocycles. The van der Waals surface area contributed by atoms with Crippen LogP contribution in [-0.4, -0.2) is 24.8 Å². The van der Waals surface area contributed by atoms with Crippen molar-refractivity contribution < 1.29 is 14.3 Å². The van der Waals surface area contributed by atoms with Gasteiger partial charge in [0.05, 0.1) is 6.61 Å². The molecule has 3 heteroatoms. The Morgan fingerprint density at radius 2 is 2.25 bits per heavy atom. The van der Waals surface area contributed by atoms with Gasteiger partial charge in [-0.3, -0.25) is 0 Å². The van der Waals surface area contributed by atoms with Gasteiger partial charge < -0.3 is 9.47 Å². The summed E-state index contributed by atoms with van der Waals surface area (Å²) in [5.41, 5.74) is -0.182. The minimum atomic E-state index is -0.455. The van der Waals surface area contributed by atoms with E-state index in [0.29, 0.717) is 5.92 Å². The Bertz CT molecular complexity index is 348. The Kier molecular flexibility index (Phi) is 2.71. The minimum Gasteiger partial charge on any atom is -0.450 e. The molecule has 0 bridgehead atoms. The molecule has 2 unspecified atom stereocenters. The summed E-state index contributed by atoms with van der Waals surface area (Å²) in [6.45, 7) is 7.17. The summed E-state index contributed by atoms with van der Waals surface area (Å²) in [5, 5.41) is 0. The van der Waals surface area contributed by atoms with E-state index in [1.807, 2.05) is 20.8 Å². The van der Waals surface area contributed by atoms with Crippen molar-refractivity contribution in [3.63, 3.8) is 0 Å². The van der Waals surface area contributed by atoms with Crippen molar-refractivity contribution in [2.45, 2.75) is 39.2 Å². The van der Waals surface area contributed by atoms with E-state index in [-0.39, 0.29) is 5.41 Å². The van der Waals surface area contributed by atoms with Crippen LogP contribution in [0.15, 0.2) is 0 Å². The number of esters is 1. The smallest absolute Gasteiger partial charge is 0.384 e. The van der Waals surface area contributed by atoms with Crippen LogP contribution in [0, 0.1) is 23.2 Å². The topological polar surface area (TPSA) is 35.5 Å². The number of hydrogen-bond acceptors (Lipinski definition) is 3. The van der Waals surface area contributed by atoms with E-state index in [1.54, 1.807) is 0 Å². The van der Waals surface area contributed by atoms with Gasteiger partial charge in [-0.25, -0.2) is 4.79 Å². The van der Waals surface area contributed by atoms with E-state index in [2.05, 4.69) is 11.8 Å². The molecule has 0 aromatic heterocycles. The lowest BCUT2D eigenvalue weighted by Crippen LogP contribution is -2.22. The molecule has 1 saturated heterocycles. The largest absolute Gasteiger partial charge is 0.450 e. The van der Waals surface area contributed by atoms with E-state index in [4.69, 9.17) is 9.47 Å². The van der Waals surface area contributed by atoms with E-state index in [9.17, 15) is 4.79 Å². The lowest BCUT2D eigenvalue weighted by atomic mass is 10.0. The number of hydrogen-bond donors (Lipinski definition) is 0.